The van der Waals surface area contributed by atoms with Crippen LogP contribution in [0.3, 0.4) is 0 Å². The number of anilines is 1. The number of carbonyl (C=O) groups is 1. The highest BCUT2D eigenvalue weighted by Crippen LogP contribution is 2.26. The quantitative estimate of drug-likeness (QED) is 0.745. The molecule has 0 fully saturated rings. The summed E-state index contributed by atoms with van der Waals surface area (Å²) in [7, 11) is -0.730. The molecule has 0 bridgehead atoms. The van der Waals surface area contributed by atoms with Gasteiger partial charge in [0.1, 0.15) is 0 Å². The summed E-state index contributed by atoms with van der Waals surface area (Å²) in [6.45, 7) is 0.284. The van der Waals surface area contributed by atoms with E-state index in [0.29, 0.717) is 11.3 Å². The Morgan fingerprint density at radius 3 is 2.82 bits per heavy atom. The Balaban J connectivity index is 2.44. The third-order valence-corrected chi connectivity index (χ3v) is 4.00. The maximum absolute atomic E-state index is 11.6. The standard InChI is InChI=1S/C10H12N2O4S/c1-12-6-8-4-3-7(10(13)16-2)5-9(8)11-17(12,14)15/h3-5,11H,6H2,1-2H3. The second-order valence-corrected chi connectivity index (χ2v) is 5.50. The number of hydrogen-bond acceptors (Lipinski definition) is 4. The fraction of sp³-hybridized carbons (Fsp3) is 0.300. The second kappa shape index (κ2) is 4.01. The lowest BCUT2D eigenvalue weighted by molar-refractivity contribution is 0.0600. The van der Waals surface area contributed by atoms with Crippen LogP contribution < -0.4 is 4.72 Å². The Labute approximate surface area is 99.4 Å². The molecule has 0 unspecified atom stereocenters. The van der Waals surface area contributed by atoms with Crippen molar-refractivity contribution in [1.29, 1.82) is 0 Å². The van der Waals surface area contributed by atoms with Crippen LogP contribution in [0, 0.1) is 0 Å². The van der Waals surface area contributed by atoms with Gasteiger partial charge in [0.05, 0.1) is 18.4 Å². The molecule has 1 aromatic rings. The highest BCUT2D eigenvalue weighted by Gasteiger charge is 2.26. The second-order valence-electron chi connectivity index (χ2n) is 3.73. The molecule has 1 aliphatic heterocycles. The summed E-state index contributed by atoms with van der Waals surface area (Å²) in [5, 5.41) is 0. The van der Waals surface area contributed by atoms with Gasteiger partial charge in [-0.2, -0.15) is 12.7 Å². The van der Waals surface area contributed by atoms with E-state index in [2.05, 4.69) is 9.46 Å². The smallest absolute Gasteiger partial charge is 0.337 e. The lowest BCUT2D eigenvalue weighted by Gasteiger charge is -2.26. The molecule has 0 spiro atoms. The summed E-state index contributed by atoms with van der Waals surface area (Å²) in [6, 6.07) is 4.80. The van der Waals surface area contributed by atoms with Gasteiger partial charge in [-0.15, -0.1) is 0 Å². The summed E-state index contributed by atoms with van der Waals surface area (Å²) in [5.74, 6) is -0.495. The summed E-state index contributed by atoms with van der Waals surface area (Å²) >= 11 is 0. The average molecular weight is 256 g/mol. The van der Waals surface area contributed by atoms with Crippen molar-refractivity contribution in [3.63, 3.8) is 0 Å². The third-order valence-electron chi connectivity index (χ3n) is 2.57. The SMILES string of the molecule is COC(=O)c1ccc2c(c1)NS(=O)(=O)N(C)C2. The average Bonchev–Trinajstić information content (AvgIpc) is 2.28. The molecule has 0 aromatic heterocycles. The van der Waals surface area contributed by atoms with Crippen molar-refractivity contribution in [1.82, 2.24) is 4.31 Å². The molecule has 1 N–H and O–H groups in total. The lowest BCUT2D eigenvalue weighted by atomic mass is 10.1. The Morgan fingerprint density at radius 1 is 1.47 bits per heavy atom. The molecule has 6 nitrogen and oxygen atoms in total. The largest absolute Gasteiger partial charge is 0.465 e. The summed E-state index contributed by atoms with van der Waals surface area (Å²) in [5.41, 5.74) is 1.56. The van der Waals surface area contributed by atoms with Crippen molar-refractivity contribution >= 4 is 21.9 Å². The minimum Gasteiger partial charge on any atom is -0.465 e. The maximum atomic E-state index is 11.6. The topological polar surface area (TPSA) is 75.7 Å². The van der Waals surface area contributed by atoms with E-state index in [1.165, 1.54) is 24.5 Å². The van der Waals surface area contributed by atoms with Gasteiger partial charge in [-0.05, 0) is 17.7 Å². The molecule has 0 atom stereocenters. The van der Waals surface area contributed by atoms with Crippen molar-refractivity contribution in [2.24, 2.45) is 0 Å². The highest BCUT2D eigenvalue weighted by atomic mass is 32.2. The van der Waals surface area contributed by atoms with Crippen LogP contribution in [0.4, 0.5) is 5.69 Å². The zero-order chi connectivity index (χ0) is 12.6. The Kier molecular flexibility index (Phi) is 2.80. The van der Waals surface area contributed by atoms with Crippen molar-refractivity contribution in [3.05, 3.63) is 29.3 Å². The van der Waals surface area contributed by atoms with E-state index in [1.807, 2.05) is 0 Å². The van der Waals surface area contributed by atoms with E-state index in [1.54, 1.807) is 12.1 Å². The van der Waals surface area contributed by atoms with Crippen molar-refractivity contribution in [2.75, 3.05) is 18.9 Å². The predicted octanol–water partition coefficient (Wildman–Crippen LogP) is 0.575. The normalized spacial score (nSPS) is 18.0. The van der Waals surface area contributed by atoms with E-state index < -0.39 is 16.2 Å². The van der Waals surface area contributed by atoms with Gasteiger partial charge in [-0.3, -0.25) is 4.72 Å². The van der Waals surface area contributed by atoms with Gasteiger partial charge in [0, 0.05) is 13.6 Å². The molecular formula is C10H12N2O4S. The fourth-order valence-corrected chi connectivity index (χ4v) is 2.53. The van der Waals surface area contributed by atoms with Crippen molar-refractivity contribution in [3.8, 4) is 0 Å². The molecule has 1 aromatic carbocycles. The minimum absolute atomic E-state index is 0.284. The number of benzene rings is 1. The van der Waals surface area contributed by atoms with E-state index in [4.69, 9.17) is 0 Å². The number of nitrogens with one attached hydrogen (secondary N) is 1. The number of hydrogen-bond donors (Lipinski definition) is 1. The molecule has 92 valence electrons. The van der Waals surface area contributed by atoms with Crippen LogP contribution in [-0.2, 0) is 21.5 Å². The molecule has 17 heavy (non-hydrogen) atoms. The molecule has 1 aliphatic rings. The van der Waals surface area contributed by atoms with Crippen LogP contribution in [0.5, 0.6) is 0 Å². The van der Waals surface area contributed by atoms with Crippen LogP contribution in [0.15, 0.2) is 18.2 Å². The molecule has 0 aliphatic carbocycles. The number of ether oxygens (including phenoxy) is 1. The first-order chi connectivity index (χ1) is 7.94. The number of rotatable bonds is 1. The molecule has 7 heteroatoms. The molecule has 0 amide bonds. The van der Waals surface area contributed by atoms with Gasteiger partial charge in [0.15, 0.2) is 0 Å². The van der Waals surface area contributed by atoms with Crippen LogP contribution >= 0.6 is 0 Å². The van der Waals surface area contributed by atoms with Crippen LogP contribution in [-0.4, -0.2) is 32.8 Å². The number of esters is 1. The summed E-state index contributed by atoms with van der Waals surface area (Å²) in [6.07, 6.45) is 0. The van der Waals surface area contributed by atoms with Gasteiger partial charge in [0.2, 0.25) is 0 Å². The zero-order valence-corrected chi connectivity index (χ0v) is 10.2. The Morgan fingerprint density at radius 2 is 2.18 bits per heavy atom. The zero-order valence-electron chi connectivity index (χ0n) is 9.43. The van der Waals surface area contributed by atoms with Crippen LogP contribution in [0.2, 0.25) is 0 Å². The summed E-state index contributed by atoms with van der Waals surface area (Å²) in [4.78, 5) is 11.3. The first-order valence-electron chi connectivity index (χ1n) is 4.89. The van der Waals surface area contributed by atoms with E-state index >= 15 is 0 Å². The molecule has 2 rings (SSSR count). The predicted molar refractivity (Wildman–Crippen MR) is 61.8 cm³/mol. The van der Waals surface area contributed by atoms with Gasteiger partial charge in [0.25, 0.3) is 0 Å². The van der Waals surface area contributed by atoms with Gasteiger partial charge < -0.3 is 4.74 Å². The first-order valence-corrected chi connectivity index (χ1v) is 6.33. The number of methoxy groups -OCH3 is 1. The Bertz CT molecular complexity index is 568. The van der Waals surface area contributed by atoms with Gasteiger partial charge in [-0.25, -0.2) is 4.79 Å². The Hall–Kier alpha value is -1.60. The number of fused-ring (bicyclic) bond motifs is 1. The van der Waals surface area contributed by atoms with E-state index in [9.17, 15) is 13.2 Å². The monoisotopic (exact) mass is 256 g/mol. The lowest BCUT2D eigenvalue weighted by Crippen LogP contribution is -2.36. The van der Waals surface area contributed by atoms with Crippen LogP contribution in [0.25, 0.3) is 0 Å². The third kappa shape index (κ3) is 2.11. The van der Waals surface area contributed by atoms with Gasteiger partial charge in [-0.1, -0.05) is 6.07 Å². The van der Waals surface area contributed by atoms with E-state index in [0.717, 1.165) is 5.56 Å². The number of carbonyl (C=O) groups excluding carboxylic acids is 1. The highest BCUT2D eigenvalue weighted by molar-refractivity contribution is 7.90. The van der Waals surface area contributed by atoms with Gasteiger partial charge >= 0.3 is 16.2 Å². The van der Waals surface area contributed by atoms with Crippen LogP contribution in [0.1, 0.15) is 15.9 Å². The molecular weight excluding hydrogens is 244 g/mol. The number of nitrogens with zero attached hydrogens (tertiary/aromatic N) is 1. The van der Waals surface area contributed by atoms with E-state index in [-0.39, 0.29) is 6.54 Å². The fourth-order valence-electron chi connectivity index (χ4n) is 1.60. The van der Waals surface area contributed by atoms with Crippen molar-refractivity contribution < 1.29 is 17.9 Å². The molecule has 0 saturated heterocycles. The summed E-state index contributed by atoms with van der Waals surface area (Å²) < 4.78 is 31.4. The molecule has 0 radical (unpaired) electrons. The minimum atomic E-state index is -3.49. The first kappa shape index (κ1) is 11.9. The maximum Gasteiger partial charge on any atom is 0.337 e. The molecule has 1 heterocycles. The van der Waals surface area contributed by atoms with Crippen molar-refractivity contribution in [2.45, 2.75) is 6.54 Å². The molecule has 0 saturated carbocycles.